The van der Waals surface area contributed by atoms with Gasteiger partial charge in [-0.3, -0.25) is 4.98 Å². The minimum absolute atomic E-state index is 0.193. The van der Waals surface area contributed by atoms with E-state index < -0.39 is 0 Å². The van der Waals surface area contributed by atoms with Crippen LogP contribution in [-0.2, 0) is 0 Å². The van der Waals surface area contributed by atoms with Crippen molar-refractivity contribution >= 4 is 0 Å². The number of pyridine rings is 1. The van der Waals surface area contributed by atoms with Gasteiger partial charge < -0.3 is 0 Å². The van der Waals surface area contributed by atoms with E-state index in [9.17, 15) is 0 Å². The fourth-order valence-electron chi connectivity index (χ4n) is 1.30. The van der Waals surface area contributed by atoms with Crippen molar-refractivity contribution in [3.63, 3.8) is 0 Å². The summed E-state index contributed by atoms with van der Waals surface area (Å²) in [5.74, 6) is -0.313. The summed E-state index contributed by atoms with van der Waals surface area (Å²) in [5.41, 5.74) is 8.97. The monoisotopic (exact) mass is 201 g/mol. The largest absolute Gasteiger partial charge is 0.260 e. The summed E-state index contributed by atoms with van der Waals surface area (Å²) in [6, 6.07) is 7.41. The molecule has 0 bridgehead atoms. The Balaban J connectivity index is 2.74. The van der Waals surface area contributed by atoms with E-state index in [-0.39, 0.29) is 12.0 Å². The normalized spacial score (nSPS) is 13.3. The summed E-state index contributed by atoms with van der Waals surface area (Å²) in [6.45, 7) is 1.78. The van der Waals surface area contributed by atoms with Crippen LogP contribution in [-0.4, -0.2) is 11.0 Å². The summed E-state index contributed by atoms with van der Waals surface area (Å²) in [7, 11) is 0. The van der Waals surface area contributed by atoms with Gasteiger partial charge in [0.25, 0.3) is 0 Å². The van der Waals surface area contributed by atoms with Gasteiger partial charge in [-0.15, -0.1) is 0 Å². The van der Waals surface area contributed by atoms with E-state index in [1.54, 1.807) is 25.3 Å². The molecule has 1 aromatic heterocycles. The van der Waals surface area contributed by atoms with E-state index in [1.807, 2.05) is 6.07 Å². The highest BCUT2D eigenvalue weighted by Crippen LogP contribution is 2.19. The average molecular weight is 201 g/mol. The lowest BCUT2D eigenvalue weighted by Gasteiger charge is -2.09. The Morgan fingerprint density at radius 2 is 2.47 bits per heavy atom. The second-order valence-corrected chi connectivity index (χ2v) is 3.23. The molecule has 1 rings (SSSR count). The predicted molar refractivity (Wildman–Crippen MR) is 55.8 cm³/mol. The minimum Gasteiger partial charge on any atom is -0.260 e. The van der Waals surface area contributed by atoms with E-state index in [4.69, 9.17) is 10.8 Å². The van der Waals surface area contributed by atoms with Crippen LogP contribution < -0.4 is 0 Å². The first-order valence-electron chi connectivity index (χ1n) is 4.62. The second kappa shape index (κ2) is 5.63. The maximum atomic E-state index is 8.97. The fourth-order valence-corrected chi connectivity index (χ4v) is 1.30. The molecule has 2 atom stereocenters. The van der Waals surface area contributed by atoms with Crippen molar-refractivity contribution in [1.29, 1.82) is 5.26 Å². The smallest absolute Gasteiger partial charge is 0.0888 e. The zero-order chi connectivity index (χ0) is 11.1. The zero-order valence-electron chi connectivity index (χ0n) is 8.41. The van der Waals surface area contributed by atoms with Crippen molar-refractivity contribution in [2.75, 3.05) is 0 Å². The van der Waals surface area contributed by atoms with Crippen LogP contribution >= 0.6 is 0 Å². The van der Waals surface area contributed by atoms with E-state index in [0.29, 0.717) is 6.42 Å². The molecule has 0 aliphatic rings. The number of nitrogens with zero attached hydrogens (tertiary/aromatic N) is 5. The quantitative estimate of drug-likeness (QED) is 0.426. The van der Waals surface area contributed by atoms with Gasteiger partial charge in [0.15, 0.2) is 0 Å². The van der Waals surface area contributed by atoms with Gasteiger partial charge in [0.1, 0.15) is 0 Å². The summed E-state index contributed by atoms with van der Waals surface area (Å²) in [6.07, 6.45) is 2.15. The molecule has 1 heterocycles. The molecule has 1 aromatic rings. The van der Waals surface area contributed by atoms with Gasteiger partial charge in [0.2, 0.25) is 0 Å². The van der Waals surface area contributed by atoms with Crippen molar-refractivity contribution < 1.29 is 0 Å². The van der Waals surface area contributed by atoms with Gasteiger partial charge in [-0.2, -0.15) is 5.26 Å². The molecule has 0 aliphatic heterocycles. The van der Waals surface area contributed by atoms with Gasteiger partial charge in [-0.05, 0) is 24.1 Å². The van der Waals surface area contributed by atoms with Crippen LogP contribution in [0.1, 0.15) is 25.0 Å². The van der Waals surface area contributed by atoms with E-state index in [0.717, 1.165) is 5.69 Å². The SMILES string of the molecule is CC(CC(C#N)c1ccccn1)N=[N+]=[N-]. The Kier molecular flexibility index (Phi) is 4.14. The maximum Gasteiger partial charge on any atom is 0.0888 e. The fraction of sp³-hybridized carbons (Fsp3) is 0.400. The molecule has 2 unspecified atom stereocenters. The Morgan fingerprint density at radius 1 is 1.67 bits per heavy atom. The maximum absolute atomic E-state index is 8.97. The Morgan fingerprint density at radius 3 is 3.00 bits per heavy atom. The lowest BCUT2D eigenvalue weighted by molar-refractivity contribution is 0.614. The van der Waals surface area contributed by atoms with Gasteiger partial charge >= 0.3 is 0 Å². The van der Waals surface area contributed by atoms with Crippen LogP contribution in [0.3, 0.4) is 0 Å². The van der Waals surface area contributed by atoms with E-state index in [1.165, 1.54) is 0 Å². The molecule has 0 amide bonds. The van der Waals surface area contributed by atoms with Crippen LogP contribution in [0, 0.1) is 11.3 Å². The average Bonchev–Trinajstić information content (AvgIpc) is 2.27. The van der Waals surface area contributed by atoms with Gasteiger partial charge in [0.05, 0.1) is 17.7 Å². The van der Waals surface area contributed by atoms with Gasteiger partial charge in [0, 0.05) is 17.2 Å². The number of rotatable bonds is 4. The molecule has 0 saturated heterocycles. The second-order valence-electron chi connectivity index (χ2n) is 3.23. The highest BCUT2D eigenvalue weighted by atomic mass is 15.1. The Hall–Kier alpha value is -2.05. The third-order valence-electron chi connectivity index (χ3n) is 2.03. The molecular weight excluding hydrogens is 190 g/mol. The first-order chi connectivity index (χ1) is 7.27. The number of aromatic nitrogens is 1. The third-order valence-corrected chi connectivity index (χ3v) is 2.03. The molecule has 0 aliphatic carbocycles. The highest BCUT2D eigenvalue weighted by Gasteiger charge is 2.14. The molecular formula is C10H11N5. The molecule has 5 nitrogen and oxygen atoms in total. The molecule has 0 fully saturated rings. The summed E-state index contributed by atoms with van der Waals surface area (Å²) in [4.78, 5) is 6.82. The number of azide groups is 1. The molecule has 5 heteroatoms. The summed E-state index contributed by atoms with van der Waals surface area (Å²) >= 11 is 0. The van der Waals surface area contributed by atoms with Crippen molar-refractivity contribution in [2.45, 2.75) is 25.3 Å². The van der Waals surface area contributed by atoms with Crippen LogP contribution in [0.2, 0.25) is 0 Å². The van der Waals surface area contributed by atoms with Crippen LogP contribution in [0.15, 0.2) is 29.5 Å². The van der Waals surface area contributed by atoms with Crippen LogP contribution in [0.25, 0.3) is 10.4 Å². The predicted octanol–water partition coefficient (Wildman–Crippen LogP) is 2.78. The standard InChI is InChI=1S/C10H11N5/c1-8(14-15-12)6-9(7-11)10-4-2-3-5-13-10/h2-5,8-9H,6H2,1H3. The van der Waals surface area contributed by atoms with Crippen LogP contribution in [0.5, 0.6) is 0 Å². The first kappa shape index (κ1) is 11.0. The molecule has 76 valence electrons. The molecule has 15 heavy (non-hydrogen) atoms. The molecule has 0 radical (unpaired) electrons. The first-order valence-corrected chi connectivity index (χ1v) is 4.62. The van der Waals surface area contributed by atoms with Gasteiger partial charge in [-0.25, -0.2) is 0 Å². The zero-order valence-corrected chi connectivity index (χ0v) is 8.41. The molecule has 0 spiro atoms. The van der Waals surface area contributed by atoms with E-state index >= 15 is 0 Å². The summed E-state index contributed by atoms with van der Waals surface area (Å²) in [5, 5.41) is 12.5. The Bertz CT molecular complexity index is 388. The van der Waals surface area contributed by atoms with Crippen molar-refractivity contribution in [1.82, 2.24) is 4.98 Å². The lowest BCUT2D eigenvalue weighted by atomic mass is 9.99. The highest BCUT2D eigenvalue weighted by molar-refractivity contribution is 5.16. The Labute approximate surface area is 88.0 Å². The molecule has 0 N–H and O–H groups in total. The number of hydrogen-bond donors (Lipinski definition) is 0. The number of nitriles is 1. The van der Waals surface area contributed by atoms with Crippen molar-refractivity contribution in [2.24, 2.45) is 5.11 Å². The topological polar surface area (TPSA) is 85.4 Å². The lowest BCUT2D eigenvalue weighted by Crippen LogP contribution is -2.06. The van der Waals surface area contributed by atoms with Crippen molar-refractivity contribution in [3.8, 4) is 6.07 Å². The van der Waals surface area contributed by atoms with E-state index in [2.05, 4.69) is 21.1 Å². The molecule has 0 saturated carbocycles. The summed E-state index contributed by atoms with van der Waals surface area (Å²) < 4.78 is 0. The minimum atomic E-state index is -0.313. The van der Waals surface area contributed by atoms with Crippen LogP contribution in [0.4, 0.5) is 0 Å². The van der Waals surface area contributed by atoms with Gasteiger partial charge in [-0.1, -0.05) is 18.1 Å². The number of hydrogen-bond acceptors (Lipinski definition) is 3. The third kappa shape index (κ3) is 3.29. The van der Waals surface area contributed by atoms with Crippen molar-refractivity contribution in [3.05, 3.63) is 40.5 Å². The molecule has 0 aromatic carbocycles.